The van der Waals surface area contributed by atoms with Gasteiger partial charge in [0.1, 0.15) is 21.7 Å². The monoisotopic (exact) mass is 515 g/mol. The van der Waals surface area contributed by atoms with E-state index in [9.17, 15) is 8.78 Å². The fraction of sp³-hybridized carbons (Fsp3) is 0.154. The molecule has 0 bridgehead atoms. The van der Waals surface area contributed by atoms with E-state index in [1.807, 2.05) is 0 Å². The van der Waals surface area contributed by atoms with Gasteiger partial charge in [0.25, 0.3) is 0 Å². The summed E-state index contributed by atoms with van der Waals surface area (Å²) in [5.74, 6) is -0.150. The summed E-state index contributed by atoms with van der Waals surface area (Å²) in [6.45, 7) is 0. The second-order valence-electron chi connectivity index (χ2n) is 7.66. The molecule has 0 saturated heterocycles. The zero-order valence-corrected chi connectivity index (χ0v) is 20.3. The third-order valence-electron chi connectivity index (χ3n) is 5.45. The van der Waals surface area contributed by atoms with E-state index >= 15 is 0 Å². The number of pyridine rings is 2. The largest absolute Gasteiger partial charge is 0.480 e. The molecule has 4 rings (SSSR count). The van der Waals surface area contributed by atoms with Crippen LogP contribution in [0.25, 0.3) is 0 Å². The Morgan fingerprint density at radius 1 is 0.657 bits per heavy atom. The first-order chi connectivity index (χ1) is 16.9. The van der Waals surface area contributed by atoms with Gasteiger partial charge in [0.15, 0.2) is 0 Å². The highest BCUT2D eigenvalue weighted by Gasteiger charge is 2.24. The molecule has 0 aliphatic rings. The number of hydrogen-bond donors (Lipinski definition) is 1. The smallest absolute Gasteiger partial charge is 0.232 e. The number of nitrogens with zero attached hydrogens (tertiary/aromatic N) is 2. The molecule has 1 N–H and O–H groups in total. The maximum absolute atomic E-state index is 13.7. The second kappa shape index (κ2) is 11.0. The van der Waals surface area contributed by atoms with Gasteiger partial charge in [-0.1, -0.05) is 47.5 Å². The first-order valence-corrected chi connectivity index (χ1v) is 11.3. The van der Waals surface area contributed by atoms with Crippen molar-refractivity contribution in [3.63, 3.8) is 0 Å². The van der Waals surface area contributed by atoms with Crippen molar-refractivity contribution < 1.29 is 18.3 Å². The summed E-state index contributed by atoms with van der Waals surface area (Å²) in [4.78, 5) is 8.59. The Hall–Kier alpha value is -3.26. The Labute approximate surface area is 211 Å². The van der Waals surface area contributed by atoms with E-state index in [0.717, 1.165) is 11.1 Å². The molecule has 5 nitrogen and oxygen atoms in total. The number of ether oxygens (including phenoxy) is 2. The predicted octanol–water partition coefficient (Wildman–Crippen LogP) is 6.55. The van der Waals surface area contributed by atoms with Gasteiger partial charge in [0.2, 0.25) is 11.8 Å². The van der Waals surface area contributed by atoms with Gasteiger partial charge in [-0.2, -0.15) is 0 Å². The number of benzene rings is 2. The molecule has 0 amide bonds. The molecule has 2 unspecified atom stereocenters. The third kappa shape index (κ3) is 5.70. The van der Waals surface area contributed by atoms with E-state index in [-0.39, 0.29) is 23.4 Å². The summed E-state index contributed by atoms with van der Waals surface area (Å²) in [7, 11) is 2.96. The summed E-state index contributed by atoms with van der Waals surface area (Å²) >= 11 is 12.7. The molecule has 0 saturated carbocycles. The number of halogens is 4. The van der Waals surface area contributed by atoms with Gasteiger partial charge in [0.05, 0.1) is 26.3 Å². The van der Waals surface area contributed by atoms with Crippen LogP contribution >= 0.6 is 23.2 Å². The average Bonchev–Trinajstić information content (AvgIpc) is 2.86. The molecular weight excluding hydrogens is 495 g/mol. The van der Waals surface area contributed by atoms with E-state index in [1.54, 1.807) is 48.8 Å². The van der Waals surface area contributed by atoms with Crippen molar-refractivity contribution in [2.24, 2.45) is 0 Å². The Bertz CT molecular complexity index is 1200. The van der Waals surface area contributed by atoms with E-state index in [2.05, 4.69) is 15.3 Å². The molecule has 2 aromatic carbocycles. The molecule has 2 aromatic heterocycles. The SMILES string of the molecule is COc1ncc(C(NC(c2ccc(F)cc2)c2cnc(OC)c(Cl)c2)c2ccc(F)cc2)cc1Cl. The average molecular weight is 516 g/mol. The fourth-order valence-corrected chi connectivity index (χ4v) is 4.25. The van der Waals surface area contributed by atoms with Gasteiger partial charge in [-0.3, -0.25) is 5.32 Å². The van der Waals surface area contributed by atoms with Gasteiger partial charge in [-0.15, -0.1) is 0 Å². The molecule has 0 fully saturated rings. The standard InChI is InChI=1S/C26H21Cl2F2N3O2/c1-34-25-21(27)11-17(13-31-25)23(15-3-7-19(29)8-4-15)33-24(16-5-9-20(30)10-6-16)18-12-22(28)26(35-2)32-14-18/h3-14,23-24,33H,1-2H3. The minimum atomic E-state index is -0.484. The normalized spacial score (nSPS) is 12.7. The highest BCUT2D eigenvalue weighted by Crippen LogP contribution is 2.34. The fourth-order valence-electron chi connectivity index (χ4n) is 3.74. The Kier molecular flexibility index (Phi) is 7.80. The van der Waals surface area contributed by atoms with Crippen molar-refractivity contribution in [1.29, 1.82) is 0 Å². The summed E-state index contributed by atoms with van der Waals surface area (Å²) in [6.07, 6.45) is 3.26. The lowest BCUT2D eigenvalue weighted by Gasteiger charge is -2.28. The molecule has 0 aliphatic carbocycles. The summed E-state index contributed by atoms with van der Waals surface area (Å²) < 4.78 is 37.8. The van der Waals surface area contributed by atoms with Crippen molar-refractivity contribution >= 4 is 23.2 Å². The van der Waals surface area contributed by atoms with E-state index in [4.69, 9.17) is 32.7 Å². The lowest BCUT2D eigenvalue weighted by atomic mass is 9.94. The number of hydrogen-bond acceptors (Lipinski definition) is 5. The summed E-state index contributed by atoms with van der Waals surface area (Å²) in [5, 5.41) is 4.21. The molecule has 0 radical (unpaired) electrons. The first kappa shape index (κ1) is 24.9. The van der Waals surface area contributed by atoms with Crippen LogP contribution in [0.1, 0.15) is 34.3 Å². The Morgan fingerprint density at radius 2 is 1.03 bits per heavy atom. The van der Waals surface area contributed by atoms with Crippen LogP contribution in [0.3, 0.4) is 0 Å². The first-order valence-electron chi connectivity index (χ1n) is 10.6. The van der Waals surface area contributed by atoms with Crippen LogP contribution < -0.4 is 14.8 Å². The zero-order chi connectivity index (χ0) is 24.9. The van der Waals surface area contributed by atoms with Crippen molar-refractivity contribution in [1.82, 2.24) is 15.3 Å². The Balaban J connectivity index is 1.83. The van der Waals surface area contributed by atoms with Crippen molar-refractivity contribution in [3.05, 3.63) is 117 Å². The maximum atomic E-state index is 13.7. The molecule has 2 atom stereocenters. The topological polar surface area (TPSA) is 56.3 Å². The van der Waals surface area contributed by atoms with Crippen LogP contribution in [0.4, 0.5) is 8.78 Å². The lowest BCUT2D eigenvalue weighted by molar-refractivity contribution is 0.397. The number of methoxy groups -OCH3 is 2. The highest BCUT2D eigenvalue weighted by molar-refractivity contribution is 6.32. The van der Waals surface area contributed by atoms with E-state index < -0.39 is 12.1 Å². The van der Waals surface area contributed by atoms with Gasteiger partial charge in [0, 0.05) is 12.4 Å². The second-order valence-corrected chi connectivity index (χ2v) is 8.47. The highest BCUT2D eigenvalue weighted by atomic mass is 35.5. The van der Waals surface area contributed by atoms with Crippen molar-refractivity contribution in [2.45, 2.75) is 12.1 Å². The van der Waals surface area contributed by atoms with Gasteiger partial charge in [-0.25, -0.2) is 18.7 Å². The lowest BCUT2D eigenvalue weighted by Crippen LogP contribution is -2.28. The van der Waals surface area contributed by atoms with E-state index in [1.165, 1.54) is 38.5 Å². The molecule has 35 heavy (non-hydrogen) atoms. The van der Waals surface area contributed by atoms with E-state index in [0.29, 0.717) is 21.2 Å². The van der Waals surface area contributed by atoms with Gasteiger partial charge < -0.3 is 9.47 Å². The van der Waals surface area contributed by atoms with Crippen molar-refractivity contribution in [3.8, 4) is 11.8 Å². The third-order valence-corrected chi connectivity index (χ3v) is 5.99. The van der Waals surface area contributed by atoms with Crippen LogP contribution in [0, 0.1) is 11.6 Å². The van der Waals surface area contributed by atoms with Gasteiger partial charge >= 0.3 is 0 Å². The predicted molar refractivity (Wildman–Crippen MR) is 131 cm³/mol. The minimum Gasteiger partial charge on any atom is -0.480 e. The molecule has 0 aliphatic heterocycles. The van der Waals surface area contributed by atoms with Crippen LogP contribution in [0.2, 0.25) is 10.0 Å². The van der Waals surface area contributed by atoms with Crippen LogP contribution in [-0.4, -0.2) is 24.2 Å². The number of aromatic nitrogens is 2. The molecular formula is C26H21Cl2F2N3O2. The maximum Gasteiger partial charge on any atom is 0.232 e. The quantitative estimate of drug-likeness (QED) is 0.288. The van der Waals surface area contributed by atoms with Crippen molar-refractivity contribution in [2.75, 3.05) is 14.2 Å². The van der Waals surface area contributed by atoms with Crippen LogP contribution in [0.5, 0.6) is 11.8 Å². The minimum absolute atomic E-state index is 0.287. The summed E-state index contributed by atoms with van der Waals surface area (Å²) in [6, 6.07) is 14.7. The molecule has 180 valence electrons. The van der Waals surface area contributed by atoms with Crippen LogP contribution in [0.15, 0.2) is 73.1 Å². The zero-order valence-electron chi connectivity index (χ0n) is 18.8. The Morgan fingerprint density at radius 3 is 1.34 bits per heavy atom. The molecule has 4 aromatic rings. The van der Waals surface area contributed by atoms with Gasteiger partial charge in [-0.05, 0) is 58.7 Å². The van der Waals surface area contributed by atoms with Crippen LogP contribution in [-0.2, 0) is 0 Å². The molecule has 0 spiro atoms. The molecule has 2 heterocycles. The molecule has 9 heteroatoms. The number of nitrogens with one attached hydrogen (secondary N) is 1. The number of rotatable bonds is 8. The summed E-state index contributed by atoms with van der Waals surface area (Å²) in [5.41, 5.74) is 2.94.